The fourth-order valence-corrected chi connectivity index (χ4v) is 2.03. The molecule has 1 unspecified atom stereocenters. The van der Waals surface area contributed by atoms with E-state index in [0.717, 1.165) is 19.3 Å². The lowest BCUT2D eigenvalue weighted by atomic mass is 9.90. The normalized spacial score (nSPS) is 11.9. The molecule has 0 saturated carbocycles. The van der Waals surface area contributed by atoms with Crippen molar-refractivity contribution < 1.29 is 14.3 Å². The summed E-state index contributed by atoms with van der Waals surface area (Å²) in [5.41, 5.74) is 0.486. The standard InChI is InChI=1S/C15H26O3/c1-5-7-8-9-14(11-13(4)16)10-12(3)15(17)18-6-2/h14H,3,5-11H2,1-2,4H3. The fourth-order valence-electron chi connectivity index (χ4n) is 2.03. The second-order valence-corrected chi connectivity index (χ2v) is 4.80. The highest BCUT2D eigenvalue weighted by Gasteiger charge is 2.17. The summed E-state index contributed by atoms with van der Waals surface area (Å²) in [7, 11) is 0. The lowest BCUT2D eigenvalue weighted by Gasteiger charge is -2.16. The van der Waals surface area contributed by atoms with E-state index in [0.29, 0.717) is 25.0 Å². The highest BCUT2D eigenvalue weighted by Crippen LogP contribution is 2.22. The molecule has 104 valence electrons. The van der Waals surface area contributed by atoms with Gasteiger partial charge in [0.15, 0.2) is 0 Å². The molecule has 0 amide bonds. The summed E-state index contributed by atoms with van der Waals surface area (Å²) < 4.78 is 4.91. The van der Waals surface area contributed by atoms with Crippen LogP contribution in [0.5, 0.6) is 0 Å². The van der Waals surface area contributed by atoms with Gasteiger partial charge in [-0.3, -0.25) is 0 Å². The maximum Gasteiger partial charge on any atom is 0.333 e. The van der Waals surface area contributed by atoms with Gasteiger partial charge >= 0.3 is 5.97 Å². The van der Waals surface area contributed by atoms with Crippen LogP contribution in [0.4, 0.5) is 0 Å². The Labute approximate surface area is 111 Å². The molecule has 1 atom stereocenters. The lowest BCUT2D eigenvalue weighted by molar-refractivity contribution is -0.138. The van der Waals surface area contributed by atoms with E-state index in [9.17, 15) is 9.59 Å². The molecule has 3 nitrogen and oxygen atoms in total. The van der Waals surface area contributed by atoms with Gasteiger partial charge in [-0.1, -0.05) is 32.8 Å². The van der Waals surface area contributed by atoms with E-state index in [1.165, 1.54) is 6.42 Å². The summed E-state index contributed by atoms with van der Waals surface area (Å²) in [4.78, 5) is 22.7. The lowest BCUT2D eigenvalue weighted by Crippen LogP contribution is -2.13. The molecule has 3 heteroatoms. The quantitative estimate of drug-likeness (QED) is 0.339. The predicted octanol–water partition coefficient (Wildman–Crippen LogP) is 3.67. The van der Waals surface area contributed by atoms with Crippen LogP contribution in [-0.4, -0.2) is 18.4 Å². The third-order valence-corrected chi connectivity index (χ3v) is 2.89. The maximum absolute atomic E-state index is 11.5. The first kappa shape index (κ1) is 16.9. The molecule has 0 rings (SSSR count). The zero-order chi connectivity index (χ0) is 14.0. The molecule has 0 radical (unpaired) electrons. The van der Waals surface area contributed by atoms with Gasteiger partial charge in [0.2, 0.25) is 0 Å². The Kier molecular flexibility index (Phi) is 9.25. The number of hydrogen-bond donors (Lipinski definition) is 0. The van der Waals surface area contributed by atoms with Gasteiger partial charge < -0.3 is 9.53 Å². The summed E-state index contributed by atoms with van der Waals surface area (Å²) in [6, 6.07) is 0. The molecule has 0 aliphatic carbocycles. The van der Waals surface area contributed by atoms with Crippen molar-refractivity contribution in [1.29, 1.82) is 0 Å². The van der Waals surface area contributed by atoms with Crippen LogP contribution in [0.15, 0.2) is 12.2 Å². The average Bonchev–Trinajstić information content (AvgIpc) is 2.28. The summed E-state index contributed by atoms with van der Waals surface area (Å²) in [6.45, 7) is 9.65. The summed E-state index contributed by atoms with van der Waals surface area (Å²) in [5.74, 6) is 0.0701. The third kappa shape index (κ3) is 8.04. The van der Waals surface area contributed by atoms with E-state index < -0.39 is 0 Å². The van der Waals surface area contributed by atoms with E-state index in [1.807, 2.05) is 0 Å². The smallest absolute Gasteiger partial charge is 0.333 e. The highest BCUT2D eigenvalue weighted by atomic mass is 16.5. The number of carbonyl (C=O) groups is 2. The van der Waals surface area contributed by atoms with Crippen LogP contribution >= 0.6 is 0 Å². The van der Waals surface area contributed by atoms with Crippen LogP contribution in [0.3, 0.4) is 0 Å². The van der Waals surface area contributed by atoms with Crippen molar-refractivity contribution >= 4 is 11.8 Å². The average molecular weight is 254 g/mol. The number of rotatable bonds is 10. The zero-order valence-electron chi connectivity index (χ0n) is 12.0. The number of esters is 1. The molecule has 18 heavy (non-hydrogen) atoms. The van der Waals surface area contributed by atoms with E-state index in [4.69, 9.17) is 4.74 Å². The molecular formula is C15H26O3. The van der Waals surface area contributed by atoms with Crippen molar-refractivity contribution in [3.63, 3.8) is 0 Å². The number of unbranched alkanes of at least 4 members (excludes halogenated alkanes) is 2. The van der Waals surface area contributed by atoms with Gasteiger partial charge in [-0.25, -0.2) is 4.79 Å². The Morgan fingerprint density at radius 1 is 1.17 bits per heavy atom. The van der Waals surface area contributed by atoms with E-state index >= 15 is 0 Å². The first-order valence-corrected chi connectivity index (χ1v) is 6.85. The summed E-state index contributed by atoms with van der Waals surface area (Å²) in [5, 5.41) is 0. The van der Waals surface area contributed by atoms with Crippen LogP contribution in [0.2, 0.25) is 0 Å². The topological polar surface area (TPSA) is 43.4 Å². The van der Waals surface area contributed by atoms with Gasteiger partial charge in [-0.2, -0.15) is 0 Å². The molecule has 0 aromatic heterocycles. The Morgan fingerprint density at radius 3 is 2.33 bits per heavy atom. The number of ether oxygens (including phenoxy) is 1. The summed E-state index contributed by atoms with van der Waals surface area (Å²) in [6.07, 6.45) is 5.51. The third-order valence-electron chi connectivity index (χ3n) is 2.89. The number of Topliss-reactive ketones (excluding diaryl/α,β-unsaturated/α-hetero) is 1. The fraction of sp³-hybridized carbons (Fsp3) is 0.733. The molecule has 0 aliphatic rings. The molecule has 0 bridgehead atoms. The van der Waals surface area contributed by atoms with Gasteiger partial charge in [-0.05, 0) is 32.6 Å². The molecule has 0 spiro atoms. The number of carbonyl (C=O) groups excluding carboxylic acids is 2. The van der Waals surface area contributed by atoms with Gasteiger partial charge in [0.05, 0.1) is 6.61 Å². The van der Waals surface area contributed by atoms with Crippen LogP contribution in [0, 0.1) is 5.92 Å². The maximum atomic E-state index is 11.5. The monoisotopic (exact) mass is 254 g/mol. The van der Waals surface area contributed by atoms with Crippen molar-refractivity contribution in [2.45, 2.75) is 59.3 Å². The Balaban J connectivity index is 4.24. The van der Waals surface area contributed by atoms with Crippen LogP contribution in [0.1, 0.15) is 59.3 Å². The second kappa shape index (κ2) is 9.86. The SMILES string of the molecule is C=C(CC(CCCCC)CC(C)=O)C(=O)OCC. The molecule has 0 heterocycles. The second-order valence-electron chi connectivity index (χ2n) is 4.80. The van der Waals surface area contributed by atoms with E-state index in [2.05, 4.69) is 13.5 Å². The van der Waals surface area contributed by atoms with Crippen molar-refractivity contribution in [1.82, 2.24) is 0 Å². The first-order chi connectivity index (χ1) is 8.51. The largest absolute Gasteiger partial charge is 0.463 e. The highest BCUT2D eigenvalue weighted by molar-refractivity contribution is 5.87. The van der Waals surface area contributed by atoms with Gasteiger partial charge in [-0.15, -0.1) is 0 Å². The molecule has 0 saturated heterocycles. The minimum Gasteiger partial charge on any atom is -0.463 e. The molecule has 0 aromatic rings. The van der Waals surface area contributed by atoms with Crippen molar-refractivity contribution in [3.8, 4) is 0 Å². The van der Waals surface area contributed by atoms with Gasteiger partial charge in [0, 0.05) is 12.0 Å². The number of hydrogen-bond acceptors (Lipinski definition) is 3. The number of ketones is 1. The van der Waals surface area contributed by atoms with Crippen molar-refractivity contribution in [2.24, 2.45) is 5.92 Å². The predicted molar refractivity (Wildman–Crippen MR) is 73.3 cm³/mol. The minimum absolute atomic E-state index is 0.174. The Bertz CT molecular complexity index is 281. The van der Waals surface area contributed by atoms with Crippen molar-refractivity contribution in [2.75, 3.05) is 6.61 Å². The van der Waals surface area contributed by atoms with Crippen LogP contribution in [-0.2, 0) is 14.3 Å². The molecular weight excluding hydrogens is 228 g/mol. The van der Waals surface area contributed by atoms with Gasteiger partial charge in [0.1, 0.15) is 5.78 Å². The zero-order valence-corrected chi connectivity index (χ0v) is 12.0. The Hall–Kier alpha value is -1.12. The minimum atomic E-state index is -0.332. The van der Waals surface area contributed by atoms with Crippen LogP contribution in [0.25, 0.3) is 0 Å². The van der Waals surface area contributed by atoms with Crippen LogP contribution < -0.4 is 0 Å². The Morgan fingerprint density at radius 2 is 1.83 bits per heavy atom. The first-order valence-electron chi connectivity index (χ1n) is 6.85. The van der Waals surface area contributed by atoms with E-state index in [-0.39, 0.29) is 17.7 Å². The van der Waals surface area contributed by atoms with Crippen molar-refractivity contribution in [3.05, 3.63) is 12.2 Å². The molecule has 0 N–H and O–H groups in total. The molecule has 0 fully saturated rings. The molecule has 0 aromatic carbocycles. The van der Waals surface area contributed by atoms with Gasteiger partial charge in [0.25, 0.3) is 0 Å². The molecule has 0 aliphatic heterocycles. The van der Waals surface area contributed by atoms with E-state index in [1.54, 1.807) is 13.8 Å². The summed E-state index contributed by atoms with van der Waals surface area (Å²) >= 11 is 0.